The molecule has 4 nitrogen and oxygen atoms in total. The number of amides is 1. The number of piperidine rings is 1. The largest absolute Gasteiger partial charge is 0.353 e. The average Bonchev–Trinajstić information content (AvgIpc) is 2.50. The Balaban J connectivity index is 2.05. The van der Waals surface area contributed by atoms with Gasteiger partial charge in [-0.25, -0.2) is 0 Å². The van der Waals surface area contributed by atoms with E-state index in [-0.39, 0.29) is 11.9 Å². The van der Waals surface area contributed by atoms with Gasteiger partial charge < -0.3 is 11.1 Å². The predicted molar refractivity (Wildman–Crippen MR) is 85.8 cm³/mol. The van der Waals surface area contributed by atoms with Gasteiger partial charge >= 0.3 is 0 Å². The zero-order chi connectivity index (χ0) is 15.2. The van der Waals surface area contributed by atoms with Crippen molar-refractivity contribution in [3.8, 4) is 0 Å². The lowest BCUT2D eigenvalue weighted by atomic mass is 9.95. The first-order valence-corrected chi connectivity index (χ1v) is 7.90. The molecule has 3 N–H and O–H groups in total. The second-order valence-corrected chi connectivity index (χ2v) is 6.18. The van der Waals surface area contributed by atoms with Crippen LogP contribution in [0.5, 0.6) is 0 Å². The summed E-state index contributed by atoms with van der Waals surface area (Å²) in [4.78, 5) is 14.2. The van der Waals surface area contributed by atoms with Crippen LogP contribution < -0.4 is 11.1 Å². The fraction of sp³-hybridized carbons (Fsp3) is 0.588. The molecule has 0 aliphatic carbocycles. The monoisotopic (exact) mass is 289 g/mol. The van der Waals surface area contributed by atoms with E-state index in [1.165, 1.54) is 18.4 Å². The van der Waals surface area contributed by atoms with Gasteiger partial charge in [0.2, 0.25) is 5.91 Å². The molecule has 1 unspecified atom stereocenters. The molecule has 1 aromatic rings. The van der Waals surface area contributed by atoms with Crippen LogP contribution in [0.4, 0.5) is 0 Å². The van der Waals surface area contributed by atoms with Gasteiger partial charge in [0.15, 0.2) is 0 Å². The molecule has 1 heterocycles. The molecular weight excluding hydrogens is 262 g/mol. The molecule has 0 radical (unpaired) electrons. The quantitative estimate of drug-likeness (QED) is 0.870. The summed E-state index contributed by atoms with van der Waals surface area (Å²) in [6.07, 6.45) is 2.45. The minimum atomic E-state index is -0.456. The van der Waals surface area contributed by atoms with E-state index >= 15 is 0 Å². The van der Waals surface area contributed by atoms with Crippen LogP contribution in [0.15, 0.2) is 30.3 Å². The number of hydrogen-bond donors (Lipinski definition) is 2. The molecule has 0 spiro atoms. The summed E-state index contributed by atoms with van der Waals surface area (Å²) in [6.45, 7) is 6.84. The molecule has 2 atom stereocenters. The van der Waals surface area contributed by atoms with Gasteiger partial charge in [0, 0.05) is 6.54 Å². The SMILES string of the molecule is CC1CCN(C(CNC(=O)[C@@H](C)N)c2ccccc2)CC1. The van der Waals surface area contributed by atoms with Gasteiger partial charge in [-0.3, -0.25) is 9.69 Å². The van der Waals surface area contributed by atoms with Gasteiger partial charge in [0.25, 0.3) is 0 Å². The molecule has 1 amide bonds. The van der Waals surface area contributed by atoms with E-state index in [2.05, 4.69) is 41.4 Å². The summed E-state index contributed by atoms with van der Waals surface area (Å²) in [6, 6.07) is 10.2. The molecule has 2 rings (SSSR count). The molecule has 0 aromatic heterocycles. The molecule has 0 saturated carbocycles. The van der Waals surface area contributed by atoms with Crippen LogP contribution in [0.1, 0.15) is 38.3 Å². The Morgan fingerprint density at radius 2 is 1.95 bits per heavy atom. The molecule has 1 aromatic carbocycles. The van der Waals surface area contributed by atoms with Crippen molar-refractivity contribution in [1.82, 2.24) is 10.2 Å². The summed E-state index contributed by atoms with van der Waals surface area (Å²) < 4.78 is 0. The molecule has 1 fully saturated rings. The molecule has 1 saturated heterocycles. The number of rotatable bonds is 5. The summed E-state index contributed by atoms with van der Waals surface area (Å²) in [7, 11) is 0. The van der Waals surface area contributed by atoms with E-state index in [1.54, 1.807) is 6.92 Å². The third kappa shape index (κ3) is 4.55. The zero-order valence-corrected chi connectivity index (χ0v) is 13.1. The first kappa shape index (κ1) is 16.0. The van der Waals surface area contributed by atoms with Crippen LogP contribution in [0.2, 0.25) is 0 Å². The number of carbonyl (C=O) groups excluding carboxylic acids is 1. The smallest absolute Gasteiger partial charge is 0.236 e. The van der Waals surface area contributed by atoms with Crippen molar-refractivity contribution in [2.75, 3.05) is 19.6 Å². The van der Waals surface area contributed by atoms with Crippen LogP contribution in [0, 0.1) is 5.92 Å². The van der Waals surface area contributed by atoms with Crippen molar-refractivity contribution >= 4 is 5.91 Å². The van der Waals surface area contributed by atoms with Crippen molar-refractivity contribution in [1.29, 1.82) is 0 Å². The molecule has 21 heavy (non-hydrogen) atoms. The number of benzene rings is 1. The lowest BCUT2D eigenvalue weighted by Crippen LogP contribution is -2.45. The Hall–Kier alpha value is -1.39. The maximum Gasteiger partial charge on any atom is 0.236 e. The molecule has 116 valence electrons. The average molecular weight is 289 g/mol. The molecule has 1 aliphatic rings. The highest BCUT2D eigenvalue weighted by Crippen LogP contribution is 2.26. The van der Waals surface area contributed by atoms with Gasteiger partial charge in [-0.15, -0.1) is 0 Å². The first-order valence-electron chi connectivity index (χ1n) is 7.90. The second-order valence-electron chi connectivity index (χ2n) is 6.18. The third-order valence-electron chi connectivity index (χ3n) is 4.33. The highest BCUT2D eigenvalue weighted by Gasteiger charge is 2.25. The van der Waals surface area contributed by atoms with Crippen LogP contribution in [-0.4, -0.2) is 36.5 Å². The summed E-state index contributed by atoms with van der Waals surface area (Å²) in [5.74, 6) is 0.720. The lowest BCUT2D eigenvalue weighted by molar-refractivity contribution is -0.122. The van der Waals surface area contributed by atoms with Gasteiger partial charge in [-0.2, -0.15) is 0 Å². The van der Waals surface area contributed by atoms with Crippen molar-refractivity contribution in [3.63, 3.8) is 0 Å². The van der Waals surface area contributed by atoms with Crippen LogP contribution >= 0.6 is 0 Å². The number of likely N-dealkylation sites (tertiary alicyclic amines) is 1. The van der Waals surface area contributed by atoms with E-state index in [0.29, 0.717) is 6.54 Å². The highest BCUT2D eigenvalue weighted by molar-refractivity contribution is 5.80. The minimum Gasteiger partial charge on any atom is -0.353 e. The Morgan fingerprint density at radius 1 is 1.33 bits per heavy atom. The van der Waals surface area contributed by atoms with Crippen molar-refractivity contribution < 1.29 is 4.79 Å². The minimum absolute atomic E-state index is 0.0821. The standard InChI is InChI=1S/C17H27N3O/c1-13-8-10-20(11-9-13)16(12-19-17(21)14(2)18)15-6-4-3-5-7-15/h3-7,13-14,16H,8-12,18H2,1-2H3,(H,19,21)/t14-,16?/m1/s1. The van der Waals surface area contributed by atoms with Crippen molar-refractivity contribution in [2.45, 2.75) is 38.8 Å². The van der Waals surface area contributed by atoms with Crippen molar-refractivity contribution in [3.05, 3.63) is 35.9 Å². The van der Waals surface area contributed by atoms with Gasteiger partial charge in [-0.1, -0.05) is 37.3 Å². The van der Waals surface area contributed by atoms with Gasteiger partial charge in [0.1, 0.15) is 0 Å². The van der Waals surface area contributed by atoms with Crippen LogP contribution in [0.3, 0.4) is 0 Å². The van der Waals surface area contributed by atoms with E-state index in [1.807, 2.05) is 6.07 Å². The van der Waals surface area contributed by atoms with Crippen LogP contribution in [-0.2, 0) is 4.79 Å². The molecular formula is C17H27N3O. The Bertz CT molecular complexity index is 439. The van der Waals surface area contributed by atoms with Crippen LogP contribution in [0.25, 0.3) is 0 Å². The van der Waals surface area contributed by atoms with E-state index < -0.39 is 6.04 Å². The van der Waals surface area contributed by atoms with Gasteiger partial charge in [-0.05, 0) is 44.3 Å². The number of carbonyl (C=O) groups is 1. The number of nitrogens with one attached hydrogen (secondary N) is 1. The third-order valence-corrected chi connectivity index (χ3v) is 4.33. The van der Waals surface area contributed by atoms with E-state index in [9.17, 15) is 4.79 Å². The van der Waals surface area contributed by atoms with Crippen molar-refractivity contribution in [2.24, 2.45) is 11.7 Å². The summed E-state index contributed by atoms with van der Waals surface area (Å²) in [5.41, 5.74) is 6.89. The summed E-state index contributed by atoms with van der Waals surface area (Å²) in [5, 5.41) is 2.98. The fourth-order valence-electron chi connectivity index (χ4n) is 2.83. The molecule has 4 heteroatoms. The molecule has 1 aliphatic heterocycles. The number of hydrogen-bond acceptors (Lipinski definition) is 3. The first-order chi connectivity index (χ1) is 10.1. The maximum atomic E-state index is 11.8. The predicted octanol–water partition coefficient (Wildman–Crippen LogP) is 1.92. The Labute approximate surface area is 127 Å². The fourth-order valence-corrected chi connectivity index (χ4v) is 2.83. The van der Waals surface area contributed by atoms with E-state index in [4.69, 9.17) is 5.73 Å². The Kier molecular flexibility index (Phi) is 5.76. The van der Waals surface area contributed by atoms with Gasteiger partial charge in [0.05, 0.1) is 12.1 Å². The topological polar surface area (TPSA) is 58.4 Å². The number of nitrogens with zero attached hydrogens (tertiary/aromatic N) is 1. The highest BCUT2D eigenvalue weighted by atomic mass is 16.2. The number of nitrogens with two attached hydrogens (primary N) is 1. The normalized spacial score (nSPS) is 20.0. The lowest BCUT2D eigenvalue weighted by Gasteiger charge is -2.37. The maximum absolute atomic E-state index is 11.8. The Morgan fingerprint density at radius 3 is 2.52 bits per heavy atom. The zero-order valence-electron chi connectivity index (χ0n) is 13.1. The second kappa shape index (κ2) is 7.57. The van der Waals surface area contributed by atoms with E-state index in [0.717, 1.165) is 19.0 Å². The summed E-state index contributed by atoms with van der Waals surface area (Å²) >= 11 is 0. The molecule has 0 bridgehead atoms.